The minimum absolute atomic E-state index is 0.0381. The molecule has 2 aromatic carbocycles. The molecule has 0 aliphatic carbocycles. The molecular weight excluding hydrogens is 350 g/mol. The first-order valence-electron chi connectivity index (χ1n) is 6.88. The Morgan fingerprint density at radius 2 is 1.90 bits per heavy atom. The van der Waals surface area contributed by atoms with Crippen molar-refractivity contribution in [1.82, 2.24) is 0 Å². The van der Waals surface area contributed by atoms with Crippen molar-refractivity contribution in [1.29, 1.82) is 0 Å². The van der Waals surface area contributed by atoms with Gasteiger partial charge in [-0.3, -0.25) is 4.31 Å². The molecule has 0 spiro atoms. The van der Waals surface area contributed by atoms with Gasteiger partial charge >= 0.3 is 0 Å². The molecule has 5 heteroatoms. The molecule has 1 aliphatic heterocycles. The molecule has 3 rings (SSSR count). The Balaban J connectivity index is 2.15. The van der Waals surface area contributed by atoms with Crippen LogP contribution in [-0.4, -0.2) is 14.5 Å². The maximum Gasteiger partial charge on any atom is 0.264 e. The number of fused-ring (bicyclic) bond motifs is 1. The van der Waals surface area contributed by atoms with Crippen LogP contribution >= 0.6 is 15.9 Å². The highest BCUT2D eigenvalue weighted by atomic mass is 79.9. The number of benzene rings is 2. The zero-order valence-electron chi connectivity index (χ0n) is 11.7. The highest BCUT2D eigenvalue weighted by molar-refractivity contribution is 9.10. The average Bonchev–Trinajstić information content (AvgIpc) is 2.46. The molecule has 0 amide bonds. The topological polar surface area (TPSA) is 37.4 Å². The lowest BCUT2D eigenvalue weighted by molar-refractivity contribution is 0.563. The number of sulfonamides is 1. The number of nitrogens with zero attached hydrogens (tertiary/aromatic N) is 1. The summed E-state index contributed by atoms with van der Waals surface area (Å²) in [7, 11) is -3.54. The summed E-state index contributed by atoms with van der Waals surface area (Å²) >= 11 is 3.34. The second-order valence-electron chi connectivity index (χ2n) is 5.27. The maximum atomic E-state index is 13.0. The van der Waals surface area contributed by atoms with Crippen molar-refractivity contribution in [3.63, 3.8) is 0 Å². The highest BCUT2D eigenvalue weighted by Crippen LogP contribution is 2.35. The molecule has 110 valence electrons. The van der Waals surface area contributed by atoms with E-state index in [1.807, 2.05) is 37.3 Å². The minimum atomic E-state index is -3.54. The Morgan fingerprint density at radius 1 is 1.14 bits per heavy atom. The van der Waals surface area contributed by atoms with E-state index in [1.54, 1.807) is 22.5 Å². The highest BCUT2D eigenvalue weighted by Gasteiger charge is 2.33. The molecule has 0 N–H and O–H groups in total. The van der Waals surface area contributed by atoms with Gasteiger partial charge in [-0.2, -0.15) is 0 Å². The third kappa shape index (κ3) is 2.60. The standard InChI is InChI=1S/C16H16BrNO2S/c1-12-9-10-13-5-2-3-8-16(13)18(12)21(19,20)15-7-4-6-14(17)11-15/h2-8,11-12H,9-10H2,1H3. The Hall–Kier alpha value is -1.33. The number of para-hydroxylation sites is 1. The molecule has 0 bridgehead atoms. The quantitative estimate of drug-likeness (QED) is 0.806. The molecule has 1 unspecified atom stereocenters. The van der Waals surface area contributed by atoms with Crippen molar-refractivity contribution in [2.24, 2.45) is 0 Å². The smallest absolute Gasteiger partial charge is 0.263 e. The summed E-state index contributed by atoms with van der Waals surface area (Å²) in [6.07, 6.45) is 1.76. The summed E-state index contributed by atoms with van der Waals surface area (Å²) in [4.78, 5) is 0.320. The summed E-state index contributed by atoms with van der Waals surface area (Å²) in [5.41, 5.74) is 1.89. The Morgan fingerprint density at radius 3 is 2.67 bits per heavy atom. The summed E-state index contributed by atoms with van der Waals surface area (Å²) in [5, 5.41) is 0. The maximum absolute atomic E-state index is 13.0. The normalized spacial score (nSPS) is 18.4. The number of anilines is 1. The molecule has 0 aromatic heterocycles. The second kappa shape index (κ2) is 5.46. The second-order valence-corrected chi connectivity index (χ2v) is 8.01. The van der Waals surface area contributed by atoms with E-state index < -0.39 is 10.0 Å². The van der Waals surface area contributed by atoms with E-state index in [-0.39, 0.29) is 6.04 Å². The van der Waals surface area contributed by atoms with Crippen molar-refractivity contribution in [2.45, 2.75) is 30.7 Å². The molecule has 21 heavy (non-hydrogen) atoms. The van der Waals surface area contributed by atoms with Crippen LogP contribution in [0, 0.1) is 0 Å². The van der Waals surface area contributed by atoms with Crippen molar-refractivity contribution in [3.8, 4) is 0 Å². The van der Waals surface area contributed by atoms with Gasteiger partial charge in [0.1, 0.15) is 0 Å². The predicted octanol–water partition coefficient (Wildman–Crippen LogP) is 3.98. The molecule has 0 saturated heterocycles. The van der Waals surface area contributed by atoms with Gasteiger partial charge in [-0.1, -0.05) is 40.2 Å². The van der Waals surface area contributed by atoms with Crippen LogP contribution in [0.4, 0.5) is 5.69 Å². The largest absolute Gasteiger partial charge is 0.264 e. The van der Waals surface area contributed by atoms with E-state index in [2.05, 4.69) is 15.9 Å². The van der Waals surface area contributed by atoms with Gasteiger partial charge in [-0.05, 0) is 49.6 Å². The fraction of sp³-hybridized carbons (Fsp3) is 0.250. The third-order valence-electron chi connectivity index (χ3n) is 3.81. The lowest BCUT2D eigenvalue weighted by atomic mass is 9.99. The monoisotopic (exact) mass is 365 g/mol. The molecule has 0 saturated carbocycles. The molecule has 0 fully saturated rings. The van der Waals surface area contributed by atoms with Crippen molar-refractivity contribution >= 4 is 31.6 Å². The lowest BCUT2D eigenvalue weighted by Gasteiger charge is -2.36. The van der Waals surface area contributed by atoms with Gasteiger partial charge in [0.05, 0.1) is 10.6 Å². The van der Waals surface area contributed by atoms with Crippen LogP contribution in [0.1, 0.15) is 18.9 Å². The Labute approximate surface area is 133 Å². The molecule has 1 atom stereocenters. The van der Waals surface area contributed by atoms with E-state index in [4.69, 9.17) is 0 Å². The van der Waals surface area contributed by atoms with Crippen LogP contribution < -0.4 is 4.31 Å². The molecule has 1 aliphatic rings. The van der Waals surface area contributed by atoms with Gasteiger partial charge in [-0.25, -0.2) is 8.42 Å². The van der Waals surface area contributed by atoms with Gasteiger partial charge in [0, 0.05) is 10.5 Å². The van der Waals surface area contributed by atoms with E-state index in [0.29, 0.717) is 4.90 Å². The predicted molar refractivity (Wildman–Crippen MR) is 88.0 cm³/mol. The average molecular weight is 366 g/mol. The first-order chi connectivity index (χ1) is 10.00. The third-order valence-corrected chi connectivity index (χ3v) is 6.23. The van der Waals surface area contributed by atoms with Gasteiger partial charge in [0.25, 0.3) is 10.0 Å². The summed E-state index contributed by atoms with van der Waals surface area (Å²) in [5.74, 6) is 0. The Bertz CT molecular complexity index is 773. The number of halogens is 1. The van der Waals surface area contributed by atoms with Crippen LogP contribution in [0.3, 0.4) is 0 Å². The number of hydrogen-bond acceptors (Lipinski definition) is 2. The fourth-order valence-electron chi connectivity index (χ4n) is 2.76. The molecule has 2 aromatic rings. The summed E-state index contributed by atoms with van der Waals surface area (Å²) < 4.78 is 28.4. The van der Waals surface area contributed by atoms with Gasteiger partial charge in [-0.15, -0.1) is 0 Å². The molecule has 3 nitrogen and oxygen atoms in total. The number of aryl methyl sites for hydroxylation is 1. The van der Waals surface area contributed by atoms with Crippen molar-refractivity contribution < 1.29 is 8.42 Å². The summed E-state index contributed by atoms with van der Waals surface area (Å²) in [6, 6.07) is 14.6. The first-order valence-corrected chi connectivity index (χ1v) is 9.11. The van der Waals surface area contributed by atoms with Gasteiger partial charge in [0.15, 0.2) is 0 Å². The van der Waals surface area contributed by atoms with Crippen LogP contribution in [0.2, 0.25) is 0 Å². The van der Waals surface area contributed by atoms with Crippen LogP contribution in [0.15, 0.2) is 57.9 Å². The molecule has 1 heterocycles. The zero-order chi connectivity index (χ0) is 15.0. The van der Waals surface area contributed by atoms with Crippen molar-refractivity contribution in [3.05, 3.63) is 58.6 Å². The van der Waals surface area contributed by atoms with Crippen LogP contribution in [0.25, 0.3) is 0 Å². The van der Waals surface area contributed by atoms with E-state index >= 15 is 0 Å². The molecular formula is C16H16BrNO2S. The zero-order valence-corrected chi connectivity index (χ0v) is 14.1. The van der Waals surface area contributed by atoms with E-state index in [1.165, 1.54) is 0 Å². The lowest BCUT2D eigenvalue weighted by Crippen LogP contribution is -2.42. The van der Waals surface area contributed by atoms with E-state index in [9.17, 15) is 8.42 Å². The van der Waals surface area contributed by atoms with Crippen molar-refractivity contribution in [2.75, 3.05) is 4.31 Å². The van der Waals surface area contributed by atoms with E-state index in [0.717, 1.165) is 28.6 Å². The number of hydrogen-bond donors (Lipinski definition) is 0. The minimum Gasteiger partial charge on any atom is -0.263 e. The Kier molecular flexibility index (Phi) is 3.80. The number of rotatable bonds is 2. The van der Waals surface area contributed by atoms with Gasteiger partial charge in [0.2, 0.25) is 0 Å². The van der Waals surface area contributed by atoms with Crippen LogP contribution in [-0.2, 0) is 16.4 Å². The van der Waals surface area contributed by atoms with Gasteiger partial charge < -0.3 is 0 Å². The fourth-order valence-corrected chi connectivity index (χ4v) is 5.08. The summed E-state index contributed by atoms with van der Waals surface area (Å²) in [6.45, 7) is 1.96. The molecule has 0 radical (unpaired) electrons. The first kappa shape index (κ1) is 14.6. The SMILES string of the molecule is CC1CCc2ccccc2N1S(=O)(=O)c1cccc(Br)c1. The van der Waals surface area contributed by atoms with Crippen LogP contribution in [0.5, 0.6) is 0 Å².